The zero-order chi connectivity index (χ0) is 10.3. The number of fused-ring (bicyclic) bond motifs is 2. The second-order valence-electron chi connectivity index (χ2n) is 3.46. The lowest BCUT2D eigenvalue weighted by atomic mass is 9.94. The molecule has 7 heteroatoms. The normalized spacial score (nSPS) is 39.4. The summed E-state index contributed by atoms with van der Waals surface area (Å²) in [6.45, 7) is 0. The van der Waals surface area contributed by atoms with Crippen LogP contribution in [0.25, 0.3) is 0 Å². The number of halogens is 1. The molecule has 3 unspecified atom stereocenters. The van der Waals surface area contributed by atoms with Gasteiger partial charge in [0.25, 0.3) is 10.1 Å². The first-order chi connectivity index (χ1) is 6.49. The highest BCUT2D eigenvalue weighted by Crippen LogP contribution is 2.37. The lowest BCUT2D eigenvalue weighted by Crippen LogP contribution is -2.33. The fourth-order valence-electron chi connectivity index (χ4n) is 1.93. The molecule has 0 radical (unpaired) electrons. The highest BCUT2D eigenvalue weighted by Gasteiger charge is 2.48. The molecule has 14 heavy (non-hydrogen) atoms. The van der Waals surface area contributed by atoms with Gasteiger partial charge in [0, 0.05) is 11.6 Å². The summed E-state index contributed by atoms with van der Waals surface area (Å²) in [7, 11) is -3.43. The Morgan fingerprint density at radius 2 is 2.14 bits per heavy atom. The van der Waals surface area contributed by atoms with Crippen LogP contribution in [0.2, 0.25) is 0 Å². The van der Waals surface area contributed by atoms with Gasteiger partial charge in [0.2, 0.25) is 0 Å². The summed E-state index contributed by atoms with van der Waals surface area (Å²) in [6, 6.07) is 0. The van der Waals surface area contributed by atoms with E-state index < -0.39 is 33.0 Å². The first-order valence-corrected chi connectivity index (χ1v) is 6.12. The largest absolute Gasteiger partial charge is 0.448 e. The third kappa shape index (κ3) is 1.74. The highest BCUT2D eigenvalue weighted by atomic mass is 35.5. The maximum Gasteiger partial charge on any atom is 0.404 e. The van der Waals surface area contributed by atoms with Gasteiger partial charge in [0.05, 0.1) is 5.25 Å². The zero-order valence-electron chi connectivity index (χ0n) is 7.18. The number of ether oxygens (including phenoxy) is 1. The van der Waals surface area contributed by atoms with Crippen molar-refractivity contribution in [2.45, 2.75) is 36.7 Å². The first kappa shape index (κ1) is 10.2. The Balaban J connectivity index is 2.11. The summed E-state index contributed by atoms with van der Waals surface area (Å²) in [6.07, 6.45) is 0.299. The lowest BCUT2D eigenvalue weighted by molar-refractivity contribution is 0.0238. The SMILES string of the molecule is O=C(Cl)OC1CCC2CC1OS2(=O)=O. The Labute approximate surface area is 86.4 Å². The van der Waals surface area contributed by atoms with Crippen LogP contribution < -0.4 is 0 Å². The van der Waals surface area contributed by atoms with E-state index in [1.807, 2.05) is 0 Å². The van der Waals surface area contributed by atoms with E-state index in [-0.39, 0.29) is 0 Å². The molecule has 1 saturated carbocycles. The number of hydrogen-bond acceptors (Lipinski definition) is 5. The number of carbonyl (C=O) groups is 1. The summed E-state index contributed by atoms with van der Waals surface area (Å²) in [4.78, 5) is 10.5. The molecule has 1 heterocycles. The average molecular weight is 241 g/mol. The van der Waals surface area contributed by atoms with E-state index in [4.69, 9.17) is 20.5 Å². The predicted octanol–water partition coefficient (Wildman–Crippen LogP) is 1.01. The van der Waals surface area contributed by atoms with Gasteiger partial charge in [0.15, 0.2) is 0 Å². The molecule has 5 nitrogen and oxygen atoms in total. The van der Waals surface area contributed by atoms with Crippen molar-refractivity contribution in [3.63, 3.8) is 0 Å². The molecule has 0 spiro atoms. The van der Waals surface area contributed by atoms with E-state index in [0.29, 0.717) is 19.3 Å². The minimum Gasteiger partial charge on any atom is -0.448 e. The van der Waals surface area contributed by atoms with Crippen molar-refractivity contribution in [1.82, 2.24) is 0 Å². The van der Waals surface area contributed by atoms with Crippen LogP contribution in [-0.4, -0.2) is 31.3 Å². The molecule has 1 saturated heterocycles. The third-order valence-corrected chi connectivity index (χ3v) is 4.44. The molecule has 0 N–H and O–H groups in total. The monoisotopic (exact) mass is 240 g/mol. The minimum absolute atomic E-state index is 0.400. The van der Waals surface area contributed by atoms with Gasteiger partial charge in [-0.25, -0.2) is 4.79 Å². The van der Waals surface area contributed by atoms with Gasteiger partial charge in [0.1, 0.15) is 12.2 Å². The Bertz CT molecular complexity index is 351. The predicted molar refractivity (Wildman–Crippen MR) is 47.6 cm³/mol. The van der Waals surface area contributed by atoms with E-state index >= 15 is 0 Å². The van der Waals surface area contributed by atoms with E-state index in [0.717, 1.165) is 0 Å². The smallest absolute Gasteiger partial charge is 0.404 e. The van der Waals surface area contributed by atoms with Crippen LogP contribution in [0.3, 0.4) is 0 Å². The van der Waals surface area contributed by atoms with Gasteiger partial charge < -0.3 is 4.74 Å². The number of rotatable bonds is 1. The molecule has 2 bridgehead atoms. The molecule has 80 valence electrons. The Kier molecular flexibility index (Phi) is 2.45. The van der Waals surface area contributed by atoms with Gasteiger partial charge in [-0.3, -0.25) is 4.18 Å². The second kappa shape index (κ2) is 3.36. The van der Waals surface area contributed by atoms with E-state index in [1.165, 1.54) is 0 Å². The van der Waals surface area contributed by atoms with Crippen molar-refractivity contribution < 1.29 is 22.1 Å². The molecule has 2 aliphatic rings. The van der Waals surface area contributed by atoms with Gasteiger partial charge >= 0.3 is 5.43 Å². The molecule has 2 fully saturated rings. The third-order valence-electron chi connectivity index (χ3n) is 2.59. The van der Waals surface area contributed by atoms with Crippen molar-refractivity contribution in [3.8, 4) is 0 Å². The van der Waals surface area contributed by atoms with Crippen molar-refractivity contribution in [1.29, 1.82) is 0 Å². The summed E-state index contributed by atoms with van der Waals surface area (Å²) >= 11 is 5.05. The molecule has 0 aromatic carbocycles. The maximum atomic E-state index is 11.3. The summed E-state index contributed by atoms with van der Waals surface area (Å²) < 4.78 is 32.1. The van der Waals surface area contributed by atoms with Crippen molar-refractivity contribution >= 4 is 27.1 Å². The molecule has 1 aliphatic heterocycles. The van der Waals surface area contributed by atoms with Crippen LogP contribution >= 0.6 is 11.6 Å². The molecule has 1 aliphatic carbocycles. The van der Waals surface area contributed by atoms with Gasteiger partial charge in [-0.15, -0.1) is 0 Å². The van der Waals surface area contributed by atoms with Gasteiger partial charge in [-0.2, -0.15) is 8.42 Å². The molecular formula is C7H9ClO5S. The lowest BCUT2D eigenvalue weighted by Gasteiger charge is -2.23. The van der Waals surface area contributed by atoms with Crippen molar-refractivity contribution in [2.24, 2.45) is 0 Å². The van der Waals surface area contributed by atoms with Crippen LogP contribution in [0.15, 0.2) is 0 Å². The van der Waals surface area contributed by atoms with Crippen LogP contribution in [0.1, 0.15) is 19.3 Å². The van der Waals surface area contributed by atoms with Crippen LogP contribution in [-0.2, 0) is 19.0 Å². The number of hydrogen-bond donors (Lipinski definition) is 0. The molecule has 0 aromatic rings. The van der Waals surface area contributed by atoms with Crippen LogP contribution in [0.4, 0.5) is 4.79 Å². The molecular weight excluding hydrogens is 232 g/mol. The number of carbonyl (C=O) groups excluding carboxylic acids is 1. The second-order valence-corrected chi connectivity index (χ2v) is 5.61. The molecule has 0 amide bonds. The Morgan fingerprint density at radius 3 is 2.79 bits per heavy atom. The highest BCUT2D eigenvalue weighted by molar-refractivity contribution is 7.87. The van der Waals surface area contributed by atoms with Crippen LogP contribution in [0.5, 0.6) is 0 Å². The van der Waals surface area contributed by atoms with E-state index in [9.17, 15) is 13.2 Å². The van der Waals surface area contributed by atoms with Gasteiger partial charge in [-0.05, 0) is 19.3 Å². The summed E-state index contributed by atoms with van der Waals surface area (Å²) in [5, 5.41) is -0.433. The molecule has 3 atom stereocenters. The van der Waals surface area contributed by atoms with Gasteiger partial charge in [-0.1, -0.05) is 0 Å². The van der Waals surface area contributed by atoms with Crippen molar-refractivity contribution in [2.75, 3.05) is 0 Å². The average Bonchev–Trinajstić information content (AvgIpc) is 2.29. The Hall–Kier alpha value is -0.330. The van der Waals surface area contributed by atoms with E-state index in [2.05, 4.69) is 0 Å². The molecule has 2 rings (SSSR count). The standard InChI is InChI=1S/C7H9ClO5S/c8-7(9)12-5-2-1-4-3-6(5)13-14(4,10)11/h4-6H,1-3H2. The first-order valence-electron chi connectivity index (χ1n) is 4.27. The molecule has 0 aromatic heterocycles. The van der Waals surface area contributed by atoms with E-state index in [1.54, 1.807) is 0 Å². The Morgan fingerprint density at radius 1 is 1.43 bits per heavy atom. The fourth-order valence-corrected chi connectivity index (χ4v) is 3.60. The fraction of sp³-hybridized carbons (Fsp3) is 0.857. The van der Waals surface area contributed by atoms with Crippen LogP contribution in [0, 0.1) is 0 Å². The quantitative estimate of drug-likeness (QED) is 0.505. The van der Waals surface area contributed by atoms with Crippen molar-refractivity contribution in [3.05, 3.63) is 0 Å². The summed E-state index contributed by atoms with van der Waals surface area (Å²) in [5.41, 5.74) is -0.915. The minimum atomic E-state index is -3.43. The zero-order valence-corrected chi connectivity index (χ0v) is 8.75. The summed E-state index contributed by atoms with van der Waals surface area (Å²) in [5.74, 6) is 0. The maximum absolute atomic E-state index is 11.3. The topological polar surface area (TPSA) is 69.7 Å².